The Morgan fingerprint density at radius 3 is 1.92 bits per heavy atom. The average Bonchev–Trinajstić information content (AvgIpc) is 2.60. The summed E-state index contributed by atoms with van der Waals surface area (Å²) in [6.45, 7) is 6.01. The Hall–Kier alpha value is -2.05. The number of carbonyl (C=O) groups excluding carboxylic acids is 1. The Morgan fingerprint density at radius 2 is 1.46 bits per heavy atom. The van der Waals surface area contributed by atoms with Crippen LogP contribution in [-0.2, 0) is 4.79 Å². The molecule has 0 bridgehead atoms. The van der Waals surface area contributed by atoms with Gasteiger partial charge < -0.3 is 5.32 Å². The minimum Gasteiger partial charge on any atom is -0.357 e. The van der Waals surface area contributed by atoms with E-state index < -0.39 is 0 Å². The van der Waals surface area contributed by atoms with E-state index in [0.29, 0.717) is 10.9 Å². The second kappa shape index (κ2) is 9.59. The molecule has 0 fully saturated rings. The second-order valence-electron chi connectivity index (χ2n) is 6.89. The van der Waals surface area contributed by atoms with E-state index in [1.807, 2.05) is 57.2 Å². The number of amides is 1. The standard InChI is InChI=1S/C20H25N3OS2/c1-20(2,3)21-19(25)23-22-17(24)14-26-18(15-10-6-4-7-11-15)16-12-8-5-9-13-16/h4-13,18H,14H2,1-3H3,(H,22,24)(H2,21,23,25). The summed E-state index contributed by atoms with van der Waals surface area (Å²) in [5.41, 5.74) is 7.59. The molecule has 4 nitrogen and oxygen atoms in total. The number of hydrogen-bond acceptors (Lipinski definition) is 3. The number of carbonyl (C=O) groups is 1. The lowest BCUT2D eigenvalue weighted by Gasteiger charge is -2.23. The molecular formula is C20H25N3OS2. The number of rotatable bonds is 5. The molecule has 0 radical (unpaired) electrons. The number of hydrazine groups is 1. The van der Waals surface area contributed by atoms with Gasteiger partial charge in [-0.25, -0.2) is 0 Å². The maximum Gasteiger partial charge on any atom is 0.248 e. The minimum absolute atomic E-state index is 0.0998. The van der Waals surface area contributed by atoms with E-state index in [1.165, 1.54) is 11.1 Å². The van der Waals surface area contributed by atoms with Gasteiger partial charge in [-0.2, -0.15) is 0 Å². The molecule has 26 heavy (non-hydrogen) atoms. The lowest BCUT2D eigenvalue weighted by Crippen LogP contribution is -2.52. The molecule has 138 valence electrons. The fourth-order valence-corrected chi connectivity index (χ4v) is 3.78. The van der Waals surface area contributed by atoms with Gasteiger partial charge >= 0.3 is 0 Å². The van der Waals surface area contributed by atoms with E-state index in [9.17, 15) is 4.79 Å². The molecule has 0 heterocycles. The van der Waals surface area contributed by atoms with Crippen LogP contribution in [0.15, 0.2) is 60.7 Å². The predicted molar refractivity (Wildman–Crippen MR) is 114 cm³/mol. The van der Waals surface area contributed by atoms with Crippen LogP contribution in [0.4, 0.5) is 0 Å². The van der Waals surface area contributed by atoms with Crippen molar-refractivity contribution in [1.29, 1.82) is 0 Å². The molecule has 0 aromatic heterocycles. The van der Waals surface area contributed by atoms with E-state index in [4.69, 9.17) is 12.2 Å². The molecule has 2 rings (SSSR count). The summed E-state index contributed by atoms with van der Waals surface area (Å²) in [4.78, 5) is 12.2. The zero-order valence-electron chi connectivity index (χ0n) is 15.3. The van der Waals surface area contributed by atoms with Crippen LogP contribution in [0, 0.1) is 0 Å². The fourth-order valence-electron chi connectivity index (χ4n) is 2.33. The van der Waals surface area contributed by atoms with Gasteiger partial charge in [0.2, 0.25) is 5.91 Å². The molecule has 0 aliphatic rings. The maximum atomic E-state index is 12.2. The topological polar surface area (TPSA) is 53.2 Å². The zero-order valence-corrected chi connectivity index (χ0v) is 16.9. The van der Waals surface area contributed by atoms with Gasteiger partial charge in [-0.05, 0) is 44.1 Å². The van der Waals surface area contributed by atoms with Gasteiger partial charge in [0.25, 0.3) is 0 Å². The fraction of sp³-hybridized carbons (Fsp3) is 0.300. The van der Waals surface area contributed by atoms with Gasteiger partial charge in [0.1, 0.15) is 0 Å². The van der Waals surface area contributed by atoms with Crippen molar-refractivity contribution in [2.24, 2.45) is 0 Å². The van der Waals surface area contributed by atoms with Gasteiger partial charge in [-0.15, -0.1) is 11.8 Å². The zero-order chi connectivity index (χ0) is 19.0. The summed E-state index contributed by atoms with van der Waals surface area (Å²) < 4.78 is 0. The van der Waals surface area contributed by atoms with E-state index in [0.717, 1.165) is 0 Å². The predicted octanol–water partition coefficient (Wildman–Crippen LogP) is 3.80. The molecule has 0 saturated heterocycles. The van der Waals surface area contributed by atoms with Gasteiger partial charge in [0.15, 0.2) is 5.11 Å². The van der Waals surface area contributed by atoms with Crippen LogP contribution in [0.25, 0.3) is 0 Å². The molecule has 0 spiro atoms. The molecule has 0 aliphatic carbocycles. The molecule has 0 aliphatic heterocycles. The first kappa shape index (κ1) is 20.3. The summed E-state index contributed by atoms with van der Waals surface area (Å²) in [6, 6.07) is 20.4. The third-order valence-corrected chi connectivity index (χ3v) is 4.90. The molecule has 0 saturated carbocycles. The van der Waals surface area contributed by atoms with Crippen LogP contribution in [0.1, 0.15) is 37.1 Å². The number of nitrogens with one attached hydrogen (secondary N) is 3. The summed E-state index contributed by atoms with van der Waals surface area (Å²) in [7, 11) is 0. The van der Waals surface area contributed by atoms with Crippen LogP contribution in [0.2, 0.25) is 0 Å². The summed E-state index contributed by atoms with van der Waals surface area (Å²) in [5.74, 6) is 0.199. The van der Waals surface area contributed by atoms with E-state index >= 15 is 0 Å². The lowest BCUT2D eigenvalue weighted by molar-refractivity contribution is -0.119. The minimum atomic E-state index is -0.157. The molecule has 3 N–H and O–H groups in total. The van der Waals surface area contributed by atoms with Crippen molar-refractivity contribution in [2.75, 3.05) is 5.75 Å². The third kappa shape index (κ3) is 7.06. The molecule has 0 atom stereocenters. The summed E-state index contributed by atoms with van der Waals surface area (Å²) in [5, 5.41) is 3.59. The third-order valence-electron chi connectivity index (χ3n) is 3.39. The van der Waals surface area contributed by atoms with Crippen LogP contribution in [0.5, 0.6) is 0 Å². The number of hydrogen-bond donors (Lipinski definition) is 3. The van der Waals surface area contributed by atoms with E-state index in [-0.39, 0.29) is 16.7 Å². The monoisotopic (exact) mass is 387 g/mol. The molecule has 0 unspecified atom stereocenters. The molecule has 2 aromatic rings. The van der Waals surface area contributed by atoms with Crippen LogP contribution >= 0.6 is 24.0 Å². The quantitative estimate of drug-likeness (QED) is 0.538. The van der Waals surface area contributed by atoms with Crippen molar-refractivity contribution in [3.8, 4) is 0 Å². The van der Waals surface area contributed by atoms with Crippen molar-refractivity contribution in [3.63, 3.8) is 0 Å². The van der Waals surface area contributed by atoms with Gasteiger partial charge in [0, 0.05) is 5.54 Å². The Balaban J connectivity index is 1.93. The Kier molecular flexibility index (Phi) is 7.48. The number of benzene rings is 2. The first-order valence-corrected chi connectivity index (χ1v) is 9.89. The van der Waals surface area contributed by atoms with E-state index in [1.54, 1.807) is 11.8 Å². The normalized spacial score (nSPS) is 11.1. The SMILES string of the molecule is CC(C)(C)NC(=S)NNC(=O)CSC(c1ccccc1)c1ccccc1. The summed E-state index contributed by atoms with van der Waals surface area (Å²) >= 11 is 6.75. The first-order valence-electron chi connectivity index (χ1n) is 8.43. The van der Waals surface area contributed by atoms with Crippen molar-refractivity contribution >= 4 is 35.0 Å². The van der Waals surface area contributed by atoms with Crippen molar-refractivity contribution in [3.05, 3.63) is 71.8 Å². The maximum absolute atomic E-state index is 12.2. The molecule has 1 amide bonds. The van der Waals surface area contributed by atoms with Crippen LogP contribution < -0.4 is 16.2 Å². The van der Waals surface area contributed by atoms with Crippen molar-refractivity contribution in [2.45, 2.75) is 31.6 Å². The number of thioether (sulfide) groups is 1. The highest BCUT2D eigenvalue weighted by Crippen LogP contribution is 2.35. The lowest BCUT2D eigenvalue weighted by atomic mass is 10.0. The van der Waals surface area contributed by atoms with E-state index in [2.05, 4.69) is 40.4 Å². The van der Waals surface area contributed by atoms with Gasteiger partial charge in [-0.3, -0.25) is 15.6 Å². The largest absolute Gasteiger partial charge is 0.357 e. The highest BCUT2D eigenvalue weighted by molar-refractivity contribution is 8.00. The highest BCUT2D eigenvalue weighted by atomic mass is 32.2. The smallest absolute Gasteiger partial charge is 0.248 e. The van der Waals surface area contributed by atoms with Crippen LogP contribution in [-0.4, -0.2) is 22.3 Å². The number of thiocarbonyl (C=S) groups is 1. The van der Waals surface area contributed by atoms with Crippen molar-refractivity contribution < 1.29 is 4.79 Å². The molecule has 6 heteroatoms. The summed E-state index contributed by atoms with van der Waals surface area (Å²) in [6.07, 6.45) is 0. The Bertz CT molecular complexity index is 675. The van der Waals surface area contributed by atoms with Crippen LogP contribution in [0.3, 0.4) is 0 Å². The Morgan fingerprint density at radius 1 is 0.962 bits per heavy atom. The average molecular weight is 388 g/mol. The van der Waals surface area contributed by atoms with Crippen molar-refractivity contribution in [1.82, 2.24) is 16.2 Å². The molecular weight excluding hydrogens is 362 g/mol. The first-order chi connectivity index (χ1) is 12.3. The second-order valence-corrected chi connectivity index (χ2v) is 8.39. The van der Waals surface area contributed by atoms with Gasteiger partial charge in [-0.1, -0.05) is 60.7 Å². The molecule has 2 aromatic carbocycles. The van der Waals surface area contributed by atoms with Gasteiger partial charge in [0.05, 0.1) is 11.0 Å². The highest BCUT2D eigenvalue weighted by Gasteiger charge is 2.16. The Labute approximate surface area is 165 Å².